The predicted octanol–water partition coefficient (Wildman–Crippen LogP) is 3.09. The van der Waals surface area contributed by atoms with Crippen molar-refractivity contribution in [1.82, 2.24) is 4.98 Å². The third-order valence-corrected chi connectivity index (χ3v) is 3.66. The zero-order chi connectivity index (χ0) is 12.1. The lowest BCUT2D eigenvalue weighted by molar-refractivity contribution is 0.148. The fourth-order valence-corrected chi connectivity index (χ4v) is 2.65. The smallest absolute Gasteiger partial charge is 0.143 e. The molecule has 1 heterocycles. The van der Waals surface area contributed by atoms with Crippen LogP contribution in [-0.2, 0) is 0 Å². The predicted molar refractivity (Wildman–Crippen MR) is 66.9 cm³/mol. The highest BCUT2D eigenvalue weighted by molar-refractivity contribution is 5.28. The molecule has 0 bridgehead atoms. The summed E-state index contributed by atoms with van der Waals surface area (Å²) in [6, 6.07) is 3.67. The monoisotopic (exact) mass is 235 g/mol. The Hall–Kier alpha value is -1.09. The van der Waals surface area contributed by atoms with Crippen LogP contribution in [0.3, 0.4) is 0 Å². The third-order valence-electron chi connectivity index (χ3n) is 3.66. The summed E-state index contributed by atoms with van der Waals surface area (Å²) in [5.41, 5.74) is 0.674. The van der Waals surface area contributed by atoms with E-state index >= 15 is 0 Å². The zero-order valence-corrected chi connectivity index (χ0v) is 10.4. The number of aromatic nitrogens is 1. The molecule has 1 unspecified atom stereocenters. The second-order valence-corrected chi connectivity index (χ2v) is 4.83. The van der Waals surface area contributed by atoms with Crippen LogP contribution in [0.1, 0.15) is 50.3 Å². The van der Waals surface area contributed by atoms with Crippen LogP contribution in [0, 0.1) is 5.92 Å². The van der Waals surface area contributed by atoms with E-state index in [1.165, 1.54) is 25.7 Å². The second kappa shape index (κ2) is 6.01. The number of nitrogens with zero attached hydrogens (tertiary/aromatic N) is 1. The van der Waals surface area contributed by atoms with Gasteiger partial charge in [0.15, 0.2) is 0 Å². The quantitative estimate of drug-likeness (QED) is 0.852. The summed E-state index contributed by atoms with van der Waals surface area (Å²) in [4.78, 5) is 4.22. The Bertz CT molecular complexity index is 348. The van der Waals surface area contributed by atoms with Crippen LogP contribution in [0.2, 0.25) is 0 Å². The molecule has 1 N–H and O–H groups in total. The standard InChI is InChI=1S/C14H21NO2/c1-17-13-7-4-10-15-14(13)12(16)9-8-11-5-2-3-6-11/h4,7,10-12,16H,2-3,5-6,8-9H2,1H3. The maximum Gasteiger partial charge on any atom is 0.143 e. The summed E-state index contributed by atoms with van der Waals surface area (Å²) in [7, 11) is 1.62. The van der Waals surface area contributed by atoms with Gasteiger partial charge in [-0.15, -0.1) is 0 Å². The molecule has 1 saturated carbocycles. The molecule has 3 heteroatoms. The fraction of sp³-hybridized carbons (Fsp3) is 0.643. The lowest BCUT2D eigenvalue weighted by atomic mass is 9.98. The average molecular weight is 235 g/mol. The van der Waals surface area contributed by atoms with Crippen LogP contribution < -0.4 is 4.74 Å². The van der Waals surface area contributed by atoms with Crippen molar-refractivity contribution in [2.45, 2.75) is 44.6 Å². The van der Waals surface area contributed by atoms with Crippen LogP contribution in [0.4, 0.5) is 0 Å². The van der Waals surface area contributed by atoms with E-state index in [1.54, 1.807) is 13.3 Å². The Morgan fingerprint density at radius 1 is 1.47 bits per heavy atom. The van der Waals surface area contributed by atoms with E-state index in [-0.39, 0.29) is 0 Å². The van der Waals surface area contributed by atoms with Gasteiger partial charge in [-0.25, -0.2) is 0 Å². The fourth-order valence-electron chi connectivity index (χ4n) is 2.65. The first-order chi connectivity index (χ1) is 8.31. The molecule has 0 aromatic carbocycles. The minimum atomic E-state index is -0.494. The van der Waals surface area contributed by atoms with Crippen molar-refractivity contribution in [1.29, 1.82) is 0 Å². The molecule has 1 fully saturated rings. The van der Waals surface area contributed by atoms with Crippen LogP contribution in [0.15, 0.2) is 18.3 Å². The minimum absolute atomic E-state index is 0.494. The lowest BCUT2D eigenvalue weighted by Gasteiger charge is -2.15. The minimum Gasteiger partial charge on any atom is -0.495 e. The molecule has 0 amide bonds. The van der Waals surface area contributed by atoms with Crippen molar-refractivity contribution in [2.75, 3.05) is 7.11 Å². The average Bonchev–Trinajstić information content (AvgIpc) is 2.89. The summed E-state index contributed by atoms with van der Waals surface area (Å²) in [5, 5.41) is 10.2. The molecule has 0 aliphatic heterocycles. The lowest BCUT2D eigenvalue weighted by Crippen LogP contribution is -2.05. The zero-order valence-electron chi connectivity index (χ0n) is 10.4. The Labute approximate surface area is 103 Å². The summed E-state index contributed by atoms with van der Waals surface area (Å²) < 4.78 is 5.22. The molecule has 0 radical (unpaired) electrons. The molecule has 1 aliphatic rings. The topological polar surface area (TPSA) is 42.4 Å². The maximum atomic E-state index is 10.2. The Balaban J connectivity index is 1.91. The summed E-state index contributed by atoms with van der Waals surface area (Å²) in [6.45, 7) is 0. The number of aliphatic hydroxyl groups excluding tert-OH is 1. The van der Waals surface area contributed by atoms with Crippen LogP contribution in [-0.4, -0.2) is 17.2 Å². The molecule has 0 spiro atoms. The summed E-state index contributed by atoms with van der Waals surface area (Å²) >= 11 is 0. The first kappa shape index (κ1) is 12.4. The number of hydrogen-bond acceptors (Lipinski definition) is 3. The van der Waals surface area contributed by atoms with Crippen molar-refractivity contribution in [3.8, 4) is 5.75 Å². The molecule has 1 aliphatic carbocycles. The molecule has 2 rings (SSSR count). The van der Waals surface area contributed by atoms with Crippen LogP contribution in [0.25, 0.3) is 0 Å². The van der Waals surface area contributed by atoms with E-state index in [0.717, 1.165) is 18.8 Å². The van der Waals surface area contributed by atoms with E-state index in [1.807, 2.05) is 12.1 Å². The second-order valence-electron chi connectivity index (χ2n) is 4.83. The molecule has 0 saturated heterocycles. The van der Waals surface area contributed by atoms with Gasteiger partial charge in [-0.3, -0.25) is 4.98 Å². The number of ether oxygens (including phenoxy) is 1. The number of aliphatic hydroxyl groups is 1. The highest BCUT2D eigenvalue weighted by Gasteiger charge is 2.19. The van der Waals surface area contributed by atoms with Gasteiger partial charge in [0.1, 0.15) is 11.4 Å². The maximum absolute atomic E-state index is 10.2. The van der Waals surface area contributed by atoms with Crippen molar-refractivity contribution < 1.29 is 9.84 Å². The number of methoxy groups -OCH3 is 1. The van der Waals surface area contributed by atoms with Gasteiger partial charge in [0.05, 0.1) is 13.2 Å². The number of pyridine rings is 1. The summed E-state index contributed by atoms with van der Waals surface area (Å²) in [6.07, 6.45) is 8.46. The Morgan fingerprint density at radius 2 is 2.24 bits per heavy atom. The first-order valence-corrected chi connectivity index (χ1v) is 6.48. The van der Waals surface area contributed by atoms with Gasteiger partial charge < -0.3 is 9.84 Å². The highest BCUT2D eigenvalue weighted by Crippen LogP contribution is 2.32. The van der Waals surface area contributed by atoms with Gasteiger partial charge in [0.25, 0.3) is 0 Å². The van der Waals surface area contributed by atoms with E-state index in [0.29, 0.717) is 11.4 Å². The SMILES string of the molecule is COc1cccnc1C(O)CCC1CCCC1. The van der Waals surface area contributed by atoms with Crippen molar-refractivity contribution in [2.24, 2.45) is 5.92 Å². The first-order valence-electron chi connectivity index (χ1n) is 6.48. The van der Waals surface area contributed by atoms with E-state index < -0.39 is 6.10 Å². The van der Waals surface area contributed by atoms with E-state index in [4.69, 9.17) is 4.74 Å². The van der Waals surface area contributed by atoms with Gasteiger partial charge in [-0.1, -0.05) is 25.7 Å². The molecule has 1 atom stereocenters. The molecule has 3 nitrogen and oxygen atoms in total. The van der Waals surface area contributed by atoms with Gasteiger partial charge >= 0.3 is 0 Å². The van der Waals surface area contributed by atoms with Gasteiger partial charge in [0.2, 0.25) is 0 Å². The molecule has 94 valence electrons. The van der Waals surface area contributed by atoms with Crippen LogP contribution in [0.5, 0.6) is 5.75 Å². The van der Waals surface area contributed by atoms with Crippen molar-refractivity contribution in [3.63, 3.8) is 0 Å². The van der Waals surface area contributed by atoms with E-state index in [2.05, 4.69) is 4.98 Å². The van der Waals surface area contributed by atoms with Crippen LogP contribution >= 0.6 is 0 Å². The van der Waals surface area contributed by atoms with Crippen molar-refractivity contribution >= 4 is 0 Å². The summed E-state index contributed by atoms with van der Waals surface area (Å²) in [5.74, 6) is 1.49. The van der Waals surface area contributed by atoms with Gasteiger partial charge in [-0.2, -0.15) is 0 Å². The number of hydrogen-bond donors (Lipinski definition) is 1. The largest absolute Gasteiger partial charge is 0.495 e. The molecule has 1 aromatic rings. The Morgan fingerprint density at radius 3 is 2.94 bits per heavy atom. The van der Waals surface area contributed by atoms with E-state index in [9.17, 15) is 5.11 Å². The molecular formula is C14H21NO2. The normalized spacial score (nSPS) is 18.2. The van der Waals surface area contributed by atoms with Gasteiger partial charge in [0, 0.05) is 6.20 Å². The van der Waals surface area contributed by atoms with Crippen molar-refractivity contribution in [3.05, 3.63) is 24.0 Å². The highest BCUT2D eigenvalue weighted by atomic mass is 16.5. The molecular weight excluding hydrogens is 214 g/mol. The number of rotatable bonds is 5. The molecule has 17 heavy (non-hydrogen) atoms. The third kappa shape index (κ3) is 3.19. The molecule has 1 aromatic heterocycles. The Kier molecular flexibility index (Phi) is 4.37. The van der Waals surface area contributed by atoms with Gasteiger partial charge in [-0.05, 0) is 30.9 Å².